The number of esters is 1. The Bertz CT molecular complexity index is 1020. The van der Waals surface area contributed by atoms with Gasteiger partial charge in [-0.1, -0.05) is 174 Å². The highest BCUT2D eigenvalue weighted by molar-refractivity contribution is 7.47. The van der Waals surface area contributed by atoms with Gasteiger partial charge in [0.25, 0.3) is 0 Å². The van der Waals surface area contributed by atoms with Crippen molar-refractivity contribution in [2.45, 2.75) is 249 Å². The Kier molecular flexibility index (Phi) is 34.9. The predicted molar refractivity (Wildman–Crippen MR) is 230 cm³/mol. The molecule has 0 bridgehead atoms. The molecule has 6 N–H and O–H groups in total. The van der Waals surface area contributed by atoms with Crippen LogP contribution in [0.4, 0.5) is 0 Å². The van der Waals surface area contributed by atoms with Gasteiger partial charge in [0.1, 0.15) is 42.7 Å². The van der Waals surface area contributed by atoms with Crippen molar-refractivity contribution in [3.05, 3.63) is 12.2 Å². The summed E-state index contributed by atoms with van der Waals surface area (Å²) in [5.74, 6) is -0.476. The first-order valence-electron chi connectivity index (χ1n) is 23.5. The standard InChI is InChI=1S/C45H87O12P/c1-3-5-7-9-11-13-15-17-19-20-21-23-25-27-29-31-33-35-54-36-38(37-55-58(52,53)57-45-43(50)41(48)40(47)42(49)44(45)51)56-39(46)34-32-30-28-26-24-22-18-16-14-12-10-8-6-4-2/h19-20,38,40-45,47-51H,3-18,21-37H2,1-2H3,(H,52,53)/b20-19-. The lowest BCUT2D eigenvalue weighted by atomic mass is 9.85. The molecule has 1 aliphatic rings. The van der Waals surface area contributed by atoms with Gasteiger partial charge in [0.15, 0.2) is 0 Å². The number of phosphoric acid groups is 1. The lowest BCUT2D eigenvalue weighted by molar-refractivity contribution is -0.220. The van der Waals surface area contributed by atoms with Crippen LogP contribution in [0.3, 0.4) is 0 Å². The molecule has 0 aromatic carbocycles. The van der Waals surface area contributed by atoms with Crippen LogP contribution in [0, 0.1) is 0 Å². The van der Waals surface area contributed by atoms with Gasteiger partial charge in [0, 0.05) is 13.0 Å². The summed E-state index contributed by atoms with van der Waals surface area (Å²) in [6.45, 7) is 4.26. The van der Waals surface area contributed by atoms with E-state index in [-0.39, 0.29) is 13.0 Å². The third kappa shape index (κ3) is 28.6. The van der Waals surface area contributed by atoms with Crippen LogP contribution in [0.25, 0.3) is 0 Å². The van der Waals surface area contributed by atoms with E-state index in [0.717, 1.165) is 51.4 Å². The second-order valence-electron chi connectivity index (χ2n) is 16.6. The van der Waals surface area contributed by atoms with E-state index in [9.17, 15) is 39.8 Å². The Morgan fingerprint density at radius 2 is 0.914 bits per heavy atom. The summed E-state index contributed by atoms with van der Waals surface area (Å²) in [5.41, 5.74) is 0. The van der Waals surface area contributed by atoms with E-state index in [1.807, 2.05) is 0 Å². The number of allylic oxidation sites excluding steroid dienone is 2. The molecule has 13 heteroatoms. The Hall–Kier alpha value is -0.920. The summed E-state index contributed by atoms with van der Waals surface area (Å²) in [6, 6.07) is 0. The molecule has 0 heterocycles. The number of unbranched alkanes of at least 4 members (excludes halogenated alkanes) is 26. The first-order valence-corrected chi connectivity index (χ1v) is 25.0. The molecule has 1 rings (SSSR count). The number of ether oxygens (including phenoxy) is 2. The van der Waals surface area contributed by atoms with Crippen LogP contribution in [0.15, 0.2) is 12.2 Å². The van der Waals surface area contributed by atoms with E-state index >= 15 is 0 Å². The van der Waals surface area contributed by atoms with Crippen molar-refractivity contribution in [2.24, 2.45) is 0 Å². The number of carbonyl (C=O) groups excluding carboxylic acids is 1. The highest BCUT2D eigenvalue weighted by Crippen LogP contribution is 2.47. The van der Waals surface area contributed by atoms with Crippen LogP contribution in [-0.2, 0) is 27.9 Å². The topological polar surface area (TPSA) is 192 Å². The Morgan fingerprint density at radius 3 is 1.36 bits per heavy atom. The van der Waals surface area contributed by atoms with Crippen LogP contribution in [-0.4, -0.2) is 98.9 Å². The largest absolute Gasteiger partial charge is 0.472 e. The minimum atomic E-state index is -5.01. The van der Waals surface area contributed by atoms with E-state index < -0.39 is 63.1 Å². The maximum atomic E-state index is 12.8. The molecule has 6 atom stereocenters. The monoisotopic (exact) mass is 851 g/mol. The van der Waals surface area contributed by atoms with E-state index in [1.54, 1.807) is 0 Å². The summed E-state index contributed by atoms with van der Waals surface area (Å²) in [4.78, 5) is 23.1. The molecule has 0 radical (unpaired) electrons. The maximum absolute atomic E-state index is 12.8. The quantitative estimate of drug-likeness (QED) is 0.0148. The van der Waals surface area contributed by atoms with Gasteiger partial charge in [-0.2, -0.15) is 0 Å². The lowest BCUT2D eigenvalue weighted by Gasteiger charge is -2.41. The minimum absolute atomic E-state index is 0.0754. The number of hydrogen-bond acceptors (Lipinski definition) is 11. The minimum Gasteiger partial charge on any atom is -0.457 e. The van der Waals surface area contributed by atoms with E-state index in [1.165, 1.54) is 128 Å². The summed E-state index contributed by atoms with van der Waals surface area (Å²) in [6.07, 6.45) is 27.1. The van der Waals surface area contributed by atoms with E-state index in [2.05, 4.69) is 26.0 Å². The lowest BCUT2D eigenvalue weighted by Crippen LogP contribution is -2.64. The first-order chi connectivity index (χ1) is 28.0. The summed E-state index contributed by atoms with van der Waals surface area (Å²) < 4.78 is 34.2. The second-order valence-corrected chi connectivity index (χ2v) is 18.0. The second kappa shape index (κ2) is 36.7. The van der Waals surface area contributed by atoms with Crippen molar-refractivity contribution in [3.63, 3.8) is 0 Å². The predicted octanol–water partition coefficient (Wildman–Crippen LogP) is 9.53. The van der Waals surface area contributed by atoms with Crippen LogP contribution in [0.5, 0.6) is 0 Å². The van der Waals surface area contributed by atoms with Gasteiger partial charge in [-0.25, -0.2) is 4.57 Å². The molecule has 6 unspecified atom stereocenters. The van der Waals surface area contributed by atoms with Crippen LogP contribution < -0.4 is 0 Å². The highest BCUT2D eigenvalue weighted by Gasteiger charge is 2.51. The zero-order chi connectivity index (χ0) is 42.7. The molecule has 344 valence electrons. The number of hydrogen-bond donors (Lipinski definition) is 6. The fraction of sp³-hybridized carbons (Fsp3) is 0.933. The third-order valence-corrected chi connectivity index (χ3v) is 12.1. The average Bonchev–Trinajstić information content (AvgIpc) is 3.21. The molecule has 12 nitrogen and oxygen atoms in total. The van der Waals surface area contributed by atoms with Crippen molar-refractivity contribution in [2.75, 3.05) is 19.8 Å². The van der Waals surface area contributed by atoms with Gasteiger partial charge in [-0.3, -0.25) is 13.8 Å². The van der Waals surface area contributed by atoms with Gasteiger partial charge in [-0.05, 0) is 38.5 Å². The average molecular weight is 851 g/mol. The van der Waals surface area contributed by atoms with Crippen LogP contribution in [0.1, 0.15) is 206 Å². The first kappa shape index (κ1) is 55.1. The fourth-order valence-corrected chi connectivity index (χ4v) is 8.32. The Balaban J connectivity index is 2.38. The van der Waals surface area contributed by atoms with Crippen molar-refractivity contribution >= 4 is 13.8 Å². The number of phosphoric ester groups is 1. The number of rotatable bonds is 40. The SMILES string of the molecule is CCCCCCCCC/C=C\CCCCCCCCOCC(COP(=O)(O)OC1C(O)C(O)C(O)C(O)C1O)OC(=O)CCCCCCCCCCCCCCCC. The fourth-order valence-electron chi connectivity index (χ4n) is 7.35. The van der Waals surface area contributed by atoms with Crippen molar-refractivity contribution in [1.29, 1.82) is 0 Å². The molecule has 58 heavy (non-hydrogen) atoms. The van der Waals surface area contributed by atoms with Gasteiger partial charge >= 0.3 is 13.8 Å². The molecule has 0 aromatic heterocycles. The van der Waals surface area contributed by atoms with Crippen molar-refractivity contribution in [1.82, 2.24) is 0 Å². The molecular weight excluding hydrogens is 763 g/mol. The van der Waals surface area contributed by atoms with Crippen LogP contribution in [0.2, 0.25) is 0 Å². The number of carbonyl (C=O) groups is 1. The van der Waals surface area contributed by atoms with Crippen molar-refractivity contribution < 1.29 is 58.3 Å². The molecule has 0 saturated heterocycles. The normalized spacial score (nSPS) is 22.7. The van der Waals surface area contributed by atoms with E-state index in [0.29, 0.717) is 13.0 Å². The molecule has 0 amide bonds. The third-order valence-electron chi connectivity index (χ3n) is 11.1. The molecular formula is C45H87O12P. The number of aliphatic hydroxyl groups excluding tert-OH is 5. The maximum Gasteiger partial charge on any atom is 0.472 e. The molecule has 0 aromatic rings. The molecule has 1 saturated carbocycles. The molecule has 0 spiro atoms. The summed E-state index contributed by atoms with van der Waals surface area (Å²) in [5, 5.41) is 50.2. The highest BCUT2D eigenvalue weighted by atomic mass is 31.2. The smallest absolute Gasteiger partial charge is 0.457 e. The Labute approximate surface area is 352 Å². The van der Waals surface area contributed by atoms with E-state index in [4.69, 9.17) is 18.5 Å². The van der Waals surface area contributed by atoms with Gasteiger partial charge in [-0.15, -0.1) is 0 Å². The van der Waals surface area contributed by atoms with Crippen molar-refractivity contribution in [3.8, 4) is 0 Å². The molecule has 1 fully saturated rings. The summed E-state index contributed by atoms with van der Waals surface area (Å²) in [7, 11) is -5.01. The van der Waals surface area contributed by atoms with Gasteiger partial charge in [0.2, 0.25) is 0 Å². The Morgan fingerprint density at radius 1 is 0.534 bits per heavy atom. The summed E-state index contributed by atoms with van der Waals surface area (Å²) >= 11 is 0. The van der Waals surface area contributed by atoms with Crippen LogP contribution >= 0.6 is 7.82 Å². The zero-order valence-electron chi connectivity index (χ0n) is 36.6. The van der Waals surface area contributed by atoms with Gasteiger partial charge < -0.3 is 39.9 Å². The van der Waals surface area contributed by atoms with Gasteiger partial charge in [0.05, 0.1) is 13.2 Å². The molecule has 0 aliphatic heterocycles. The molecule has 1 aliphatic carbocycles. The number of aliphatic hydroxyl groups is 5. The zero-order valence-corrected chi connectivity index (χ0v) is 37.5.